The molecule has 0 radical (unpaired) electrons. The predicted molar refractivity (Wildman–Crippen MR) is 105 cm³/mol. The molecule has 3 aromatic rings. The summed E-state index contributed by atoms with van der Waals surface area (Å²) in [6.45, 7) is 1.50. The van der Waals surface area contributed by atoms with Gasteiger partial charge in [0.25, 0.3) is 11.6 Å². The summed E-state index contributed by atoms with van der Waals surface area (Å²) in [6, 6.07) is 9.85. The number of halogens is 1. The van der Waals surface area contributed by atoms with Gasteiger partial charge < -0.3 is 5.32 Å². The van der Waals surface area contributed by atoms with Crippen molar-refractivity contribution in [2.24, 2.45) is 0 Å². The molecule has 2 aromatic carbocycles. The first kappa shape index (κ1) is 18.9. The lowest BCUT2D eigenvalue weighted by Crippen LogP contribution is -2.18. The number of aromatic nitrogens is 2. The number of nitrogens with one attached hydrogen (secondary N) is 1. The van der Waals surface area contributed by atoms with Gasteiger partial charge in [-0.05, 0) is 37.3 Å². The van der Waals surface area contributed by atoms with Crippen molar-refractivity contribution in [2.75, 3.05) is 5.32 Å². The molecule has 2 heterocycles. The highest BCUT2D eigenvalue weighted by Crippen LogP contribution is 2.32. The average Bonchev–Trinajstić information content (AvgIpc) is 3.19. The molecule has 1 aliphatic rings. The van der Waals surface area contributed by atoms with E-state index in [9.17, 15) is 23.5 Å². The van der Waals surface area contributed by atoms with Gasteiger partial charge in [0.15, 0.2) is 0 Å². The Labute approximate surface area is 167 Å². The molecule has 1 atom stereocenters. The molecule has 0 aliphatic carbocycles. The molecule has 0 spiro atoms. The van der Waals surface area contributed by atoms with Crippen LogP contribution in [0, 0.1) is 22.9 Å². The Balaban J connectivity index is 1.76. The summed E-state index contributed by atoms with van der Waals surface area (Å²) in [5.41, 5.74) is 2.00. The molecule has 148 valence electrons. The summed E-state index contributed by atoms with van der Waals surface area (Å²) in [7, 11) is -1.12. The summed E-state index contributed by atoms with van der Waals surface area (Å²) >= 11 is 0. The van der Waals surface area contributed by atoms with E-state index < -0.39 is 27.4 Å². The van der Waals surface area contributed by atoms with Crippen LogP contribution in [0.2, 0.25) is 0 Å². The lowest BCUT2D eigenvalue weighted by Gasteiger charge is -2.12. The number of nitrogens with zero attached hydrogens (tertiary/aromatic N) is 3. The number of rotatable bonds is 4. The van der Waals surface area contributed by atoms with Gasteiger partial charge in [0, 0.05) is 33.6 Å². The van der Waals surface area contributed by atoms with Crippen LogP contribution in [0.5, 0.6) is 0 Å². The number of hydrogen-bond acceptors (Lipinski definition) is 5. The minimum Gasteiger partial charge on any atom is -0.306 e. The van der Waals surface area contributed by atoms with E-state index in [0.717, 1.165) is 0 Å². The summed E-state index contributed by atoms with van der Waals surface area (Å²) in [4.78, 5) is 23.5. The molecule has 1 aromatic heterocycles. The van der Waals surface area contributed by atoms with Crippen LogP contribution in [-0.2, 0) is 22.3 Å². The minimum atomic E-state index is -1.12. The second-order valence-electron chi connectivity index (χ2n) is 6.55. The number of anilines is 1. The molecular weight excluding hydrogens is 399 g/mol. The molecule has 10 heteroatoms. The van der Waals surface area contributed by atoms with Crippen molar-refractivity contribution in [2.45, 2.75) is 18.4 Å². The summed E-state index contributed by atoms with van der Waals surface area (Å²) in [6.07, 6.45) is 0. The maximum atomic E-state index is 13.3. The fourth-order valence-corrected chi connectivity index (χ4v) is 4.53. The van der Waals surface area contributed by atoms with E-state index in [1.807, 2.05) is 0 Å². The van der Waals surface area contributed by atoms with Crippen molar-refractivity contribution >= 4 is 28.2 Å². The van der Waals surface area contributed by atoms with E-state index in [1.54, 1.807) is 0 Å². The van der Waals surface area contributed by atoms with Crippen LogP contribution in [0.4, 0.5) is 15.9 Å². The molecule has 0 unspecified atom stereocenters. The average molecular weight is 414 g/mol. The van der Waals surface area contributed by atoms with E-state index in [0.29, 0.717) is 22.8 Å². The van der Waals surface area contributed by atoms with Gasteiger partial charge in [0.05, 0.1) is 27.8 Å². The Kier molecular flexibility index (Phi) is 4.71. The maximum Gasteiger partial charge on any atom is 0.273 e. The van der Waals surface area contributed by atoms with Gasteiger partial charge in [-0.3, -0.25) is 19.1 Å². The monoisotopic (exact) mass is 414 g/mol. The van der Waals surface area contributed by atoms with Gasteiger partial charge in [-0.2, -0.15) is 5.10 Å². The van der Waals surface area contributed by atoms with Crippen LogP contribution in [0.25, 0.3) is 5.69 Å². The van der Waals surface area contributed by atoms with Crippen LogP contribution >= 0.6 is 0 Å². The molecule has 0 saturated heterocycles. The number of fused-ring (bicyclic) bond motifs is 1. The standard InChI is InChI=1S/C19H15FN4O4S/c1-11-14(3-2-4-17(11)24(26)27)19(25)21-18-15-9-29(28)10-16(15)22-23(18)13-7-5-12(20)6-8-13/h2-8H,9-10H2,1H3,(H,21,25)/t29-/m1/s1. The highest BCUT2D eigenvalue weighted by atomic mass is 32.2. The third-order valence-corrected chi connectivity index (χ3v) is 5.93. The molecule has 8 nitrogen and oxygen atoms in total. The lowest BCUT2D eigenvalue weighted by atomic mass is 10.1. The van der Waals surface area contributed by atoms with Crippen LogP contribution in [0.3, 0.4) is 0 Å². The highest BCUT2D eigenvalue weighted by Gasteiger charge is 2.29. The van der Waals surface area contributed by atoms with Gasteiger partial charge in [-0.1, -0.05) is 6.07 Å². The molecule has 1 N–H and O–H groups in total. The van der Waals surface area contributed by atoms with Crippen molar-refractivity contribution in [3.8, 4) is 5.69 Å². The van der Waals surface area contributed by atoms with Crippen molar-refractivity contribution in [1.82, 2.24) is 9.78 Å². The molecule has 0 bridgehead atoms. The van der Waals surface area contributed by atoms with Crippen LogP contribution < -0.4 is 5.32 Å². The van der Waals surface area contributed by atoms with Gasteiger partial charge in [-0.15, -0.1) is 0 Å². The normalized spacial score (nSPS) is 15.2. The van der Waals surface area contributed by atoms with Crippen LogP contribution in [0.15, 0.2) is 42.5 Å². The smallest absolute Gasteiger partial charge is 0.273 e. The van der Waals surface area contributed by atoms with Crippen molar-refractivity contribution in [3.05, 3.63) is 80.8 Å². The highest BCUT2D eigenvalue weighted by molar-refractivity contribution is 7.83. The zero-order valence-corrected chi connectivity index (χ0v) is 16.0. The second-order valence-corrected chi connectivity index (χ2v) is 8.01. The van der Waals surface area contributed by atoms with E-state index in [4.69, 9.17) is 0 Å². The first-order valence-electron chi connectivity index (χ1n) is 8.62. The molecule has 0 fully saturated rings. The Morgan fingerprint density at radius 1 is 1.24 bits per heavy atom. The van der Waals surface area contributed by atoms with Crippen molar-refractivity contribution in [1.29, 1.82) is 0 Å². The number of amides is 1. The zero-order valence-electron chi connectivity index (χ0n) is 15.2. The number of carbonyl (C=O) groups excluding carboxylic acids is 1. The molecule has 1 amide bonds. The quantitative estimate of drug-likeness (QED) is 0.521. The fourth-order valence-electron chi connectivity index (χ4n) is 3.27. The SMILES string of the molecule is Cc1c(C(=O)Nc2c3c(nn2-c2ccc(F)cc2)C[S@](=O)C3)cccc1[N+](=O)[O-]. The first-order valence-corrected chi connectivity index (χ1v) is 10.1. The predicted octanol–water partition coefficient (Wildman–Crippen LogP) is 3.24. The number of nitro benzene ring substituents is 1. The number of carbonyl (C=O) groups is 1. The fraction of sp³-hybridized carbons (Fsp3) is 0.158. The van der Waals surface area contributed by atoms with Gasteiger partial charge in [-0.25, -0.2) is 9.07 Å². The maximum absolute atomic E-state index is 13.3. The Hall–Kier alpha value is -3.40. The van der Waals surface area contributed by atoms with E-state index >= 15 is 0 Å². The number of nitro groups is 1. The third-order valence-electron chi connectivity index (χ3n) is 4.72. The van der Waals surface area contributed by atoms with Gasteiger partial charge in [0.2, 0.25) is 0 Å². The topological polar surface area (TPSA) is 107 Å². The zero-order chi connectivity index (χ0) is 20.7. The first-order chi connectivity index (χ1) is 13.8. The molecule has 1 aliphatic heterocycles. The minimum absolute atomic E-state index is 0.152. The largest absolute Gasteiger partial charge is 0.306 e. The van der Waals surface area contributed by atoms with Crippen molar-refractivity contribution in [3.63, 3.8) is 0 Å². The summed E-state index contributed by atoms with van der Waals surface area (Å²) < 4.78 is 26.7. The van der Waals surface area contributed by atoms with Gasteiger partial charge >= 0.3 is 0 Å². The number of benzene rings is 2. The summed E-state index contributed by atoms with van der Waals surface area (Å²) in [5, 5.41) is 18.4. The van der Waals surface area contributed by atoms with E-state index in [1.165, 1.54) is 54.1 Å². The Morgan fingerprint density at radius 2 is 1.97 bits per heavy atom. The lowest BCUT2D eigenvalue weighted by molar-refractivity contribution is -0.385. The molecule has 29 heavy (non-hydrogen) atoms. The third kappa shape index (κ3) is 3.42. The molecule has 0 saturated carbocycles. The molecular formula is C19H15FN4O4S. The van der Waals surface area contributed by atoms with Crippen molar-refractivity contribution < 1.29 is 18.3 Å². The summed E-state index contributed by atoms with van der Waals surface area (Å²) in [5.74, 6) is -0.127. The molecule has 4 rings (SSSR count). The van der Waals surface area contributed by atoms with Gasteiger partial charge in [0.1, 0.15) is 11.6 Å². The van der Waals surface area contributed by atoms with Crippen LogP contribution in [0.1, 0.15) is 27.2 Å². The Morgan fingerprint density at radius 3 is 2.66 bits per heavy atom. The Bertz CT molecular complexity index is 1170. The second kappa shape index (κ2) is 7.21. The van der Waals surface area contributed by atoms with Crippen LogP contribution in [-0.4, -0.2) is 24.8 Å². The van der Waals surface area contributed by atoms with E-state index in [2.05, 4.69) is 10.4 Å². The van der Waals surface area contributed by atoms with E-state index in [-0.39, 0.29) is 28.3 Å². The number of hydrogen-bond donors (Lipinski definition) is 1.